The molecule has 0 bridgehead atoms. The molecule has 26 heavy (non-hydrogen) atoms. The highest BCUT2D eigenvalue weighted by Crippen LogP contribution is 2.33. The molecule has 3 heterocycles. The minimum atomic E-state index is -0.400. The molecular weight excluding hydrogens is 332 g/mol. The number of anilines is 1. The number of aromatic nitrogens is 2. The minimum Gasteiger partial charge on any atom is -0.363 e. The van der Waals surface area contributed by atoms with E-state index in [2.05, 4.69) is 9.97 Å². The SMILES string of the molecule is O=C(c1cnccn1)N1CCC2(CC1)CN(c1ccccc1)C(=O)CO2. The summed E-state index contributed by atoms with van der Waals surface area (Å²) in [4.78, 5) is 36.4. The molecule has 0 unspecified atom stereocenters. The van der Waals surface area contributed by atoms with E-state index in [0.717, 1.165) is 5.69 Å². The molecule has 134 valence electrons. The number of likely N-dealkylation sites (tertiary alicyclic amines) is 1. The first-order valence-electron chi connectivity index (χ1n) is 8.72. The van der Waals surface area contributed by atoms with Crippen LogP contribution in [0.2, 0.25) is 0 Å². The van der Waals surface area contributed by atoms with E-state index in [0.29, 0.717) is 38.2 Å². The van der Waals surface area contributed by atoms with Crippen LogP contribution in [-0.4, -0.2) is 58.5 Å². The third-order valence-corrected chi connectivity index (χ3v) is 5.06. The van der Waals surface area contributed by atoms with E-state index in [4.69, 9.17) is 4.74 Å². The summed E-state index contributed by atoms with van der Waals surface area (Å²) in [5.74, 6) is -0.139. The Hall–Kier alpha value is -2.80. The molecule has 2 aliphatic heterocycles. The van der Waals surface area contributed by atoms with Gasteiger partial charge >= 0.3 is 0 Å². The molecule has 0 saturated carbocycles. The quantitative estimate of drug-likeness (QED) is 0.819. The zero-order valence-corrected chi connectivity index (χ0v) is 14.4. The van der Waals surface area contributed by atoms with Crippen LogP contribution in [0.25, 0.3) is 0 Å². The van der Waals surface area contributed by atoms with Gasteiger partial charge in [-0.1, -0.05) is 18.2 Å². The highest BCUT2D eigenvalue weighted by atomic mass is 16.5. The molecule has 7 nitrogen and oxygen atoms in total. The molecule has 0 aliphatic carbocycles. The maximum absolute atomic E-state index is 12.5. The molecule has 2 fully saturated rings. The van der Waals surface area contributed by atoms with Crippen LogP contribution in [0, 0.1) is 0 Å². The Kier molecular flexibility index (Phi) is 4.38. The van der Waals surface area contributed by atoms with Crippen molar-refractivity contribution < 1.29 is 14.3 Å². The van der Waals surface area contributed by atoms with E-state index >= 15 is 0 Å². The first-order valence-corrected chi connectivity index (χ1v) is 8.72. The number of carbonyl (C=O) groups excluding carboxylic acids is 2. The summed E-state index contributed by atoms with van der Waals surface area (Å²) in [5.41, 5.74) is 0.843. The molecule has 2 saturated heterocycles. The van der Waals surface area contributed by atoms with Crippen LogP contribution in [0.5, 0.6) is 0 Å². The smallest absolute Gasteiger partial charge is 0.274 e. The average molecular weight is 352 g/mol. The van der Waals surface area contributed by atoms with Crippen molar-refractivity contribution in [2.75, 3.05) is 31.1 Å². The lowest BCUT2D eigenvalue weighted by Gasteiger charge is -2.46. The molecule has 2 aromatic rings. The summed E-state index contributed by atoms with van der Waals surface area (Å²) in [5, 5.41) is 0. The van der Waals surface area contributed by atoms with Crippen molar-refractivity contribution in [3.05, 3.63) is 54.6 Å². The number of amides is 2. The maximum Gasteiger partial charge on any atom is 0.274 e. The van der Waals surface area contributed by atoms with Gasteiger partial charge in [0.1, 0.15) is 12.3 Å². The van der Waals surface area contributed by atoms with Crippen LogP contribution >= 0.6 is 0 Å². The van der Waals surface area contributed by atoms with Gasteiger partial charge in [0.2, 0.25) is 0 Å². The number of piperidine rings is 1. The highest BCUT2D eigenvalue weighted by molar-refractivity contribution is 5.95. The van der Waals surface area contributed by atoms with E-state index in [-0.39, 0.29) is 18.4 Å². The number of benzene rings is 1. The lowest BCUT2D eigenvalue weighted by atomic mass is 9.89. The topological polar surface area (TPSA) is 75.6 Å². The summed E-state index contributed by atoms with van der Waals surface area (Å²) in [6, 6.07) is 9.65. The number of hydrogen-bond donors (Lipinski definition) is 0. The molecule has 1 aromatic heterocycles. The van der Waals surface area contributed by atoms with Crippen molar-refractivity contribution in [2.24, 2.45) is 0 Å². The predicted octanol–water partition coefficient (Wildman–Crippen LogP) is 1.51. The number of ether oxygens (including phenoxy) is 1. The number of nitrogens with zero attached hydrogens (tertiary/aromatic N) is 4. The summed E-state index contributed by atoms with van der Waals surface area (Å²) >= 11 is 0. The van der Waals surface area contributed by atoms with Crippen LogP contribution in [0.3, 0.4) is 0 Å². The Labute approximate surface area is 151 Å². The van der Waals surface area contributed by atoms with Crippen LogP contribution in [0.15, 0.2) is 48.9 Å². The minimum absolute atomic E-state index is 0.0279. The van der Waals surface area contributed by atoms with E-state index in [1.54, 1.807) is 16.0 Å². The molecule has 0 radical (unpaired) electrons. The van der Waals surface area contributed by atoms with Crippen molar-refractivity contribution in [2.45, 2.75) is 18.4 Å². The standard InChI is InChI=1S/C19H20N4O3/c24-17-13-26-19(14-23(17)15-4-2-1-3-5-15)6-10-22(11-7-19)18(25)16-12-20-8-9-21-16/h1-5,8-9,12H,6-7,10-11,13-14H2. The third kappa shape index (κ3) is 3.17. The molecule has 0 N–H and O–H groups in total. The fraction of sp³-hybridized carbons (Fsp3) is 0.368. The van der Waals surface area contributed by atoms with Crippen molar-refractivity contribution in [1.82, 2.24) is 14.9 Å². The normalized spacial score (nSPS) is 19.6. The Bertz CT molecular complexity index is 789. The summed E-state index contributed by atoms with van der Waals surface area (Å²) in [6.07, 6.45) is 5.93. The third-order valence-electron chi connectivity index (χ3n) is 5.06. The predicted molar refractivity (Wildman–Crippen MR) is 94.6 cm³/mol. The van der Waals surface area contributed by atoms with Gasteiger partial charge in [-0.05, 0) is 25.0 Å². The number of carbonyl (C=O) groups is 2. The second kappa shape index (κ2) is 6.84. The Morgan fingerprint density at radius 1 is 1.12 bits per heavy atom. The highest BCUT2D eigenvalue weighted by Gasteiger charge is 2.43. The molecule has 4 rings (SSSR count). The second-order valence-electron chi connectivity index (χ2n) is 6.67. The molecule has 7 heteroatoms. The molecule has 1 spiro atoms. The van der Waals surface area contributed by atoms with Gasteiger partial charge in [0.15, 0.2) is 0 Å². The van der Waals surface area contributed by atoms with Gasteiger partial charge in [0.25, 0.3) is 11.8 Å². The van der Waals surface area contributed by atoms with E-state index in [1.165, 1.54) is 12.4 Å². The summed E-state index contributed by atoms with van der Waals surface area (Å²) < 4.78 is 5.95. The van der Waals surface area contributed by atoms with Gasteiger partial charge in [-0.2, -0.15) is 0 Å². The largest absolute Gasteiger partial charge is 0.363 e. The summed E-state index contributed by atoms with van der Waals surface area (Å²) in [6.45, 7) is 1.74. The molecule has 2 amide bonds. The van der Waals surface area contributed by atoms with Crippen LogP contribution in [0.4, 0.5) is 5.69 Å². The number of rotatable bonds is 2. The van der Waals surface area contributed by atoms with Crippen molar-refractivity contribution >= 4 is 17.5 Å². The second-order valence-corrected chi connectivity index (χ2v) is 6.67. The Morgan fingerprint density at radius 2 is 1.88 bits per heavy atom. The van der Waals surface area contributed by atoms with E-state index < -0.39 is 5.60 Å². The van der Waals surface area contributed by atoms with Gasteiger partial charge in [0, 0.05) is 31.2 Å². The number of morpholine rings is 1. The lowest BCUT2D eigenvalue weighted by Crippen LogP contribution is -2.59. The van der Waals surface area contributed by atoms with Gasteiger partial charge < -0.3 is 14.5 Å². The fourth-order valence-corrected chi connectivity index (χ4v) is 3.55. The molecule has 0 atom stereocenters. The molecular formula is C19H20N4O3. The maximum atomic E-state index is 12.5. The van der Waals surface area contributed by atoms with Crippen LogP contribution < -0.4 is 4.90 Å². The fourth-order valence-electron chi connectivity index (χ4n) is 3.55. The van der Waals surface area contributed by atoms with E-state index in [1.807, 2.05) is 30.3 Å². The van der Waals surface area contributed by atoms with Gasteiger partial charge in [0.05, 0.1) is 18.3 Å². The van der Waals surface area contributed by atoms with Crippen LogP contribution in [-0.2, 0) is 9.53 Å². The van der Waals surface area contributed by atoms with E-state index in [9.17, 15) is 9.59 Å². The van der Waals surface area contributed by atoms with Crippen molar-refractivity contribution in [3.63, 3.8) is 0 Å². The molecule has 2 aliphatic rings. The zero-order chi connectivity index (χ0) is 18.0. The van der Waals surface area contributed by atoms with Crippen molar-refractivity contribution in [1.29, 1.82) is 0 Å². The van der Waals surface area contributed by atoms with Gasteiger partial charge in [-0.25, -0.2) is 4.98 Å². The summed E-state index contributed by atoms with van der Waals surface area (Å²) in [7, 11) is 0. The zero-order valence-electron chi connectivity index (χ0n) is 14.4. The number of para-hydroxylation sites is 1. The first-order chi connectivity index (χ1) is 12.7. The van der Waals surface area contributed by atoms with Crippen molar-refractivity contribution in [3.8, 4) is 0 Å². The Balaban J connectivity index is 1.45. The van der Waals surface area contributed by atoms with Gasteiger partial charge in [-0.15, -0.1) is 0 Å². The number of hydrogen-bond acceptors (Lipinski definition) is 5. The average Bonchev–Trinajstić information content (AvgIpc) is 2.71. The molecule has 1 aromatic carbocycles. The first kappa shape index (κ1) is 16.7. The van der Waals surface area contributed by atoms with Gasteiger partial charge in [-0.3, -0.25) is 14.6 Å². The van der Waals surface area contributed by atoms with Crippen LogP contribution in [0.1, 0.15) is 23.3 Å². The monoisotopic (exact) mass is 352 g/mol. The lowest BCUT2D eigenvalue weighted by molar-refractivity contribution is -0.143. The Morgan fingerprint density at radius 3 is 2.58 bits per heavy atom.